The standard InChI is InChI=1S/C24H38F2/c1-2-3-4-5-6-7-8-9-20-10-15-22(16-11-20)23-17-12-21(13-18-23)14-19-24(25)26/h12-13,17-18,20,22,24H,2-11,14-16,19H2,1H3/t20-,22-. The summed E-state index contributed by atoms with van der Waals surface area (Å²) in [5.41, 5.74) is 2.46. The molecule has 1 aromatic rings. The minimum atomic E-state index is -2.19. The van der Waals surface area contributed by atoms with Crippen molar-refractivity contribution in [1.82, 2.24) is 0 Å². The summed E-state index contributed by atoms with van der Waals surface area (Å²) in [6.45, 7) is 2.28. The summed E-state index contributed by atoms with van der Waals surface area (Å²) in [6.07, 6.45) is 14.9. The van der Waals surface area contributed by atoms with Crippen LogP contribution in [0.4, 0.5) is 8.78 Å². The van der Waals surface area contributed by atoms with Crippen LogP contribution < -0.4 is 0 Å². The molecule has 0 N–H and O–H groups in total. The van der Waals surface area contributed by atoms with Crippen LogP contribution in [0.15, 0.2) is 24.3 Å². The number of alkyl halides is 2. The first-order valence-electron chi connectivity index (χ1n) is 11.1. The molecule has 0 atom stereocenters. The molecule has 0 saturated heterocycles. The van der Waals surface area contributed by atoms with E-state index in [-0.39, 0.29) is 6.42 Å². The van der Waals surface area contributed by atoms with E-state index in [4.69, 9.17) is 0 Å². The highest BCUT2D eigenvalue weighted by molar-refractivity contribution is 5.26. The van der Waals surface area contributed by atoms with E-state index in [0.717, 1.165) is 11.5 Å². The van der Waals surface area contributed by atoms with E-state index in [2.05, 4.69) is 31.2 Å². The third-order valence-corrected chi connectivity index (χ3v) is 6.17. The molecule has 0 amide bonds. The first-order valence-corrected chi connectivity index (χ1v) is 11.1. The van der Waals surface area contributed by atoms with Gasteiger partial charge in [0, 0.05) is 6.42 Å². The molecule has 0 aromatic heterocycles. The molecule has 1 saturated carbocycles. The molecule has 1 aliphatic rings. The van der Waals surface area contributed by atoms with Crippen LogP contribution in [-0.2, 0) is 6.42 Å². The fourth-order valence-corrected chi connectivity index (χ4v) is 4.41. The van der Waals surface area contributed by atoms with Crippen molar-refractivity contribution < 1.29 is 8.78 Å². The molecule has 0 spiro atoms. The van der Waals surface area contributed by atoms with Gasteiger partial charge in [-0.05, 0) is 55.1 Å². The van der Waals surface area contributed by atoms with Gasteiger partial charge in [-0.3, -0.25) is 0 Å². The van der Waals surface area contributed by atoms with E-state index in [0.29, 0.717) is 12.3 Å². The molecule has 1 aromatic carbocycles. The molecule has 0 nitrogen and oxygen atoms in total. The molecule has 1 fully saturated rings. The molecule has 2 heteroatoms. The largest absolute Gasteiger partial charge is 0.239 e. The quantitative estimate of drug-likeness (QED) is 0.327. The maximum atomic E-state index is 12.3. The number of rotatable bonds is 12. The second-order valence-corrected chi connectivity index (χ2v) is 8.30. The molecule has 2 rings (SSSR count). The minimum absolute atomic E-state index is 0.0247. The Morgan fingerprint density at radius 3 is 2.08 bits per heavy atom. The zero-order valence-corrected chi connectivity index (χ0v) is 16.7. The molecule has 0 bridgehead atoms. The number of benzene rings is 1. The Labute approximate surface area is 159 Å². The van der Waals surface area contributed by atoms with Gasteiger partial charge in [0.15, 0.2) is 0 Å². The normalized spacial score (nSPS) is 20.6. The van der Waals surface area contributed by atoms with E-state index in [9.17, 15) is 8.78 Å². The monoisotopic (exact) mass is 364 g/mol. The molecular formula is C24H38F2. The van der Waals surface area contributed by atoms with Crippen molar-refractivity contribution in [3.05, 3.63) is 35.4 Å². The Hall–Kier alpha value is -0.920. The summed E-state index contributed by atoms with van der Waals surface area (Å²) >= 11 is 0. The maximum absolute atomic E-state index is 12.3. The zero-order chi connectivity index (χ0) is 18.6. The number of hydrogen-bond donors (Lipinski definition) is 0. The molecule has 1 aliphatic carbocycles. The third kappa shape index (κ3) is 8.18. The maximum Gasteiger partial charge on any atom is 0.239 e. The van der Waals surface area contributed by atoms with Crippen molar-refractivity contribution in [3.63, 3.8) is 0 Å². The lowest BCUT2D eigenvalue weighted by atomic mass is 9.77. The highest BCUT2D eigenvalue weighted by Crippen LogP contribution is 2.37. The van der Waals surface area contributed by atoms with Gasteiger partial charge < -0.3 is 0 Å². The summed E-state index contributed by atoms with van der Waals surface area (Å²) < 4.78 is 24.6. The highest BCUT2D eigenvalue weighted by Gasteiger charge is 2.22. The van der Waals surface area contributed by atoms with Crippen molar-refractivity contribution >= 4 is 0 Å². The molecule has 26 heavy (non-hydrogen) atoms. The average molecular weight is 365 g/mol. The van der Waals surface area contributed by atoms with Crippen LogP contribution >= 0.6 is 0 Å². The minimum Gasteiger partial charge on any atom is -0.211 e. The summed E-state index contributed by atoms with van der Waals surface area (Å²) in [5, 5.41) is 0. The van der Waals surface area contributed by atoms with Gasteiger partial charge in [-0.2, -0.15) is 0 Å². The van der Waals surface area contributed by atoms with Gasteiger partial charge in [-0.15, -0.1) is 0 Å². The van der Waals surface area contributed by atoms with E-state index in [1.165, 1.54) is 82.6 Å². The van der Waals surface area contributed by atoms with Crippen molar-refractivity contribution in [2.45, 2.75) is 109 Å². The predicted octanol–water partition coefficient (Wildman–Crippen LogP) is 8.30. The van der Waals surface area contributed by atoms with Gasteiger partial charge in [-0.1, -0.05) is 82.6 Å². The predicted molar refractivity (Wildman–Crippen MR) is 108 cm³/mol. The van der Waals surface area contributed by atoms with Gasteiger partial charge in [0.25, 0.3) is 0 Å². The van der Waals surface area contributed by atoms with E-state index in [1.54, 1.807) is 0 Å². The van der Waals surface area contributed by atoms with Gasteiger partial charge >= 0.3 is 0 Å². The van der Waals surface area contributed by atoms with Gasteiger partial charge in [-0.25, -0.2) is 8.78 Å². The molecular weight excluding hydrogens is 326 g/mol. The van der Waals surface area contributed by atoms with E-state index < -0.39 is 6.43 Å². The SMILES string of the molecule is CCCCCCCCC[C@H]1CC[C@H](c2ccc(CCC(F)F)cc2)CC1. The summed E-state index contributed by atoms with van der Waals surface area (Å²) in [4.78, 5) is 0. The average Bonchev–Trinajstić information content (AvgIpc) is 2.66. The second kappa shape index (κ2) is 12.5. The molecule has 0 radical (unpaired) electrons. The van der Waals surface area contributed by atoms with Crippen molar-refractivity contribution in [1.29, 1.82) is 0 Å². The molecule has 148 valence electrons. The van der Waals surface area contributed by atoms with Crippen molar-refractivity contribution in [2.24, 2.45) is 5.92 Å². The van der Waals surface area contributed by atoms with Crippen LogP contribution in [0.3, 0.4) is 0 Å². The number of hydrogen-bond acceptors (Lipinski definition) is 0. The summed E-state index contributed by atoms with van der Waals surface area (Å²) in [6, 6.07) is 8.48. The summed E-state index contributed by atoms with van der Waals surface area (Å²) in [7, 11) is 0. The van der Waals surface area contributed by atoms with Crippen LogP contribution in [0, 0.1) is 5.92 Å². The van der Waals surface area contributed by atoms with Crippen LogP contribution in [0.25, 0.3) is 0 Å². The summed E-state index contributed by atoms with van der Waals surface area (Å²) in [5.74, 6) is 1.62. The Morgan fingerprint density at radius 1 is 0.846 bits per heavy atom. The second-order valence-electron chi connectivity index (χ2n) is 8.30. The Bertz CT molecular complexity index is 458. The Morgan fingerprint density at radius 2 is 1.46 bits per heavy atom. The van der Waals surface area contributed by atoms with Crippen LogP contribution in [-0.4, -0.2) is 6.43 Å². The van der Waals surface area contributed by atoms with Crippen LogP contribution in [0.5, 0.6) is 0 Å². The number of aryl methyl sites for hydroxylation is 1. The topological polar surface area (TPSA) is 0 Å². The Balaban J connectivity index is 1.60. The van der Waals surface area contributed by atoms with Gasteiger partial charge in [0.05, 0.1) is 0 Å². The lowest BCUT2D eigenvalue weighted by Gasteiger charge is -2.29. The smallest absolute Gasteiger partial charge is 0.211 e. The number of halogens is 2. The van der Waals surface area contributed by atoms with Crippen molar-refractivity contribution in [2.75, 3.05) is 0 Å². The molecule has 0 unspecified atom stereocenters. The number of unbranched alkanes of at least 4 members (excludes halogenated alkanes) is 6. The highest BCUT2D eigenvalue weighted by atomic mass is 19.3. The van der Waals surface area contributed by atoms with Crippen molar-refractivity contribution in [3.8, 4) is 0 Å². The van der Waals surface area contributed by atoms with Crippen LogP contribution in [0.2, 0.25) is 0 Å². The first kappa shape index (κ1) is 21.4. The molecule has 0 heterocycles. The fraction of sp³-hybridized carbons (Fsp3) is 0.750. The lowest BCUT2D eigenvalue weighted by molar-refractivity contribution is 0.138. The molecule has 0 aliphatic heterocycles. The third-order valence-electron chi connectivity index (χ3n) is 6.17. The van der Waals surface area contributed by atoms with Crippen LogP contribution in [0.1, 0.15) is 107 Å². The Kier molecular flexibility index (Phi) is 10.2. The van der Waals surface area contributed by atoms with Gasteiger partial charge in [0.1, 0.15) is 0 Å². The first-order chi connectivity index (χ1) is 12.7. The van der Waals surface area contributed by atoms with E-state index in [1.807, 2.05) is 0 Å². The van der Waals surface area contributed by atoms with E-state index >= 15 is 0 Å². The lowest BCUT2D eigenvalue weighted by Crippen LogP contribution is -2.13. The van der Waals surface area contributed by atoms with Gasteiger partial charge in [0.2, 0.25) is 6.43 Å². The zero-order valence-electron chi connectivity index (χ0n) is 16.7. The fourth-order valence-electron chi connectivity index (χ4n) is 4.41.